The van der Waals surface area contributed by atoms with E-state index in [1.165, 1.54) is 13.2 Å². The molecule has 0 aromatic heterocycles. The normalized spacial score (nSPS) is 11.6. The Morgan fingerprint density at radius 1 is 1.15 bits per heavy atom. The maximum absolute atomic E-state index is 12.6. The Bertz CT molecular complexity index is 862. The van der Waals surface area contributed by atoms with E-state index in [2.05, 4.69) is 10.8 Å². The van der Waals surface area contributed by atoms with E-state index in [1.54, 1.807) is 47.4 Å². The summed E-state index contributed by atoms with van der Waals surface area (Å²) in [4.78, 5) is 25.8. The van der Waals surface area contributed by atoms with Crippen molar-refractivity contribution in [2.45, 2.75) is 19.9 Å². The van der Waals surface area contributed by atoms with Gasteiger partial charge in [0.25, 0.3) is 0 Å². The smallest absolute Gasteiger partial charge is 0.337 e. The maximum Gasteiger partial charge on any atom is 0.337 e. The van der Waals surface area contributed by atoms with Crippen molar-refractivity contribution in [2.75, 3.05) is 13.7 Å². The minimum atomic E-state index is -0.394. The molecule has 138 valence electrons. The summed E-state index contributed by atoms with van der Waals surface area (Å²) in [6.07, 6.45) is 3.24. The van der Waals surface area contributed by atoms with Gasteiger partial charge in [0, 0.05) is 12.6 Å². The van der Waals surface area contributed by atoms with Crippen molar-refractivity contribution in [2.24, 2.45) is 0 Å². The van der Waals surface area contributed by atoms with E-state index in [9.17, 15) is 9.59 Å². The average Bonchev–Trinajstić information content (AvgIpc) is 2.72. The number of amides is 1. The van der Waals surface area contributed by atoms with Crippen LogP contribution in [0.15, 0.2) is 54.6 Å². The second-order valence-corrected chi connectivity index (χ2v) is 5.98. The van der Waals surface area contributed by atoms with Crippen LogP contribution in [0.25, 0.3) is 6.08 Å². The summed E-state index contributed by atoms with van der Waals surface area (Å²) >= 11 is 0. The summed E-state index contributed by atoms with van der Waals surface area (Å²) in [7, 11) is 1.34. The molecule has 5 nitrogen and oxygen atoms in total. The largest absolute Gasteiger partial charge is 0.465 e. The van der Waals surface area contributed by atoms with Crippen LogP contribution in [-0.2, 0) is 9.53 Å². The van der Waals surface area contributed by atoms with Gasteiger partial charge in [-0.15, -0.1) is 0 Å². The summed E-state index contributed by atoms with van der Waals surface area (Å²) in [6, 6.07) is 16.1. The molecule has 0 spiro atoms. The van der Waals surface area contributed by atoms with E-state index in [4.69, 9.17) is 5.26 Å². The minimum Gasteiger partial charge on any atom is -0.465 e. The Morgan fingerprint density at radius 2 is 1.78 bits per heavy atom. The van der Waals surface area contributed by atoms with Crippen LogP contribution >= 0.6 is 0 Å². The van der Waals surface area contributed by atoms with Gasteiger partial charge in [0.1, 0.15) is 0 Å². The molecule has 0 saturated carbocycles. The number of hydrogen-bond acceptors (Lipinski definition) is 4. The molecule has 5 heteroatoms. The van der Waals surface area contributed by atoms with E-state index >= 15 is 0 Å². The van der Waals surface area contributed by atoms with Crippen molar-refractivity contribution in [1.29, 1.82) is 5.26 Å². The monoisotopic (exact) mass is 362 g/mol. The lowest BCUT2D eigenvalue weighted by atomic mass is 10.0. The second kappa shape index (κ2) is 9.35. The molecule has 2 rings (SSSR count). The van der Waals surface area contributed by atoms with Gasteiger partial charge in [-0.25, -0.2) is 4.79 Å². The number of carbonyl (C=O) groups is 2. The Kier molecular flexibility index (Phi) is 6.90. The summed E-state index contributed by atoms with van der Waals surface area (Å²) in [6.45, 7) is 4.45. The lowest BCUT2D eigenvalue weighted by molar-refractivity contribution is -0.127. The second-order valence-electron chi connectivity index (χ2n) is 5.98. The number of carbonyl (C=O) groups excluding carboxylic acids is 2. The number of nitrogens with zero attached hydrogens (tertiary/aromatic N) is 2. The molecule has 0 aliphatic carbocycles. The number of likely N-dealkylation sites (N-methyl/N-ethyl adjacent to an activating group) is 1. The lowest BCUT2D eigenvalue weighted by Crippen LogP contribution is -2.32. The number of hydrogen-bond donors (Lipinski definition) is 0. The number of rotatable bonds is 6. The highest BCUT2D eigenvalue weighted by Crippen LogP contribution is 2.21. The molecule has 27 heavy (non-hydrogen) atoms. The van der Waals surface area contributed by atoms with Gasteiger partial charge in [-0.2, -0.15) is 5.26 Å². The van der Waals surface area contributed by atoms with Crippen molar-refractivity contribution in [3.8, 4) is 6.07 Å². The van der Waals surface area contributed by atoms with Gasteiger partial charge in [0.15, 0.2) is 0 Å². The van der Waals surface area contributed by atoms with Crippen LogP contribution < -0.4 is 0 Å². The Morgan fingerprint density at radius 3 is 2.30 bits per heavy atom. The Balaban J connectivity index is 2.10. The van der Waals surface area contributed by atoms with Crippen LogP contribution in [0.4, 0.5) is 0 Å². The minimum absolute atomic E-state index is 0.105. The molecular formula is C22H22N2O3. The molecule has 0 N–H and O–H groups in total. The predicted octanol–water partition coefficient (Wildman–Crippen LogP) is 3.97. The van der Waals surface area contributed by atoms with Crippen LogP contribution in [0, 0.1) is 11.3 Å². The van der Waals surface area contributed by atoms with E-state index in [0.717, 1.165) is 11.1 Å². The van der Waals surface area contributed by atoms with Crippen molar-refractivity contribution in [1.82, 2.24) is 4.90 Å². The first kappa shape index (κ1) is 19.9. The predicted molar refractivity (Wildman–Crippen MR) is 104 cm³/mol. The fourth-order valence-electron chi connectivity index (χ4n) is 2.75. The number of nitriles is 1. The maximum atomic E-state index is 12.6. The van der Waals surface area contributed by atoms with Gasteiger partial charge in [0.2, 0.25) is 5.91 Å². The van der Waals surface area contributed by atoms with Crippen molar-refractivity contribution >= 4 is 18.0 Å². The van der Waals surface area contributed by atoms with E-state index in [0.29, 0.717) is 17.7 Å². The van der Waals surface area contributed by atoms with E-state index in [1.807, 2.05) is 26.0 Å². The van der Waals surface area contributed by atoms with Crippen molar-refractivity contribution < 1.29 is 14.3 Å². The fraction of sp³-hybridized carbons (Fsp3) is 0.227. The summed E-state index contributed by atoms with van der Waals surface area (Å²) in [5.41, 5.74) is 2.85. The molecule has 1 amide bonds. The summed E-state index contributed by atoms with van der Waals surface area (Å²) < 4.78 is 4.67. The van der Waals surface area contributed by atoms with Crippen LogP contribution in [0.2, 0.25) is 0 Å². The SMILES string of the molecule is CCN(C(=O)/C=C/c1ccc(C(=O)OC)cc1)C(C)c1ccc(C#N)cc1. The first-order valence-electron chi connectivity index (χ1n) is 8.67. The molecule has 2 aromatic rings. The molecule has 1 unspecified atom stereocenters. The first-order chi connectivity index (χ1) is 13.0. The highest BCUT2D eigenvalue weighted by atomic mass is 16.5. The van der Waals surface area contributed by atoms with Gasteiger partial charge in [-0.05, 0) is 55.3 Å². The van der Waals surface area contributed by atoms with Crippen LogP contribution in [-0.4, -0.2) is 30.4 Å². The number of methoxy groups -OCH3 is 1. The summed E-state index contributed by atoms with van der Waals surface area (Å²) in [5, 5.41) is 8.90. The van der Waals surface area contributed by atoms with Gasteiger partial charge in [0.05, 0.1) is 30.3 Å². The van der Waals surface area contributed by atoms with E-state index in [-0.39, 0.29) is 11.9 Å². The Hall–Kier alpha value is -3.39. The average molecular weight is 362 g/mol. The van der Waals surface area contributed by atoms with E-state index < -0.39 is 5.97 Å². The van der Waals surface area contributed by atoms with Gasteiger partial charge < -0.3 is 9.64 Å². The van der Waals surface area contributed by atoms with Gasteiger partial charge >= 0.3 is 5.97 Å². The zero-order valence-electron chi connectivity index (χ0n) is 15.7. The third-order valence-corrected chi connectivity index (χ3v) is 4.36. The third-order valence-electron chi connectivity index (χ3n) is 4.36. The number of esters is 1. The van der Waals surface area contributed by atoms with Gasteiger partial charge in [-0.3, -0.25) is 4.79 Å². The quantitative estimate of drug-likeness (QED) is 0.576. The molecule has 0 fully saturated rings. The Labute approximate surface area is 159 Å². The lowest BCUT2D eigenvalue weighted by Gasteiger charge is -2.27. The molecule has 0 aliphatic heterocycles. The van der Waals surface area contributed by atoms with Crippen LogP contribution in [0.3, 0.4) is 0 Å². The third kappa shape index (κ3) is 5.05. The topological polar surface area (TPSA) is 70.4 Å². The number of ether oxygens (including phenoxy) is 1. The molecule has 1 atom stereocenters. The molecule has 0 aliphatic rings. The zero-order chi connectivity index (χ0) is 19.8. The van der Waals surface area contributed by atoms with Crippen LogP contribution in [0.5, 0.6) is 0 Å². The highest BCUT2D eigenvalue weighted by molar-refractivity contribution is 5.92. The zero-order valence-corrected chi connectivity index (χ0v) is 15.7. The number of benzene rings is 2. The molecule has 0 saturated heterocycles. The fourth-order valence-corrected chi connectivity index (χ4v) is 2.75. The highest BCUT2D eigenvalue weighted by Gasteiger charge is 2.18. The molecule has 0 bridgehead atoms. The summed E-state index contributed by atoms with van der Waals surface area (Å²) in [5.74, 6) is -0.499. The van der Waals surface area contributed by atoms with Crippen molar-refractivity contribution in [3.63, 3.8) is 0 Å². The first-order valence-corrected chi connectivity index (χ1v) is 8.67. The standard InChI is InChI=1S/C22H22N2O3/c1-4-24(16(2)19-10-7-18(15-23)8-11-19)21(25)14-9-17-5-12-20(13-6-17)22(26)27-3/h5-14,16H,4H2,1-3H3/b14-9+. The molecule has 0 radical (unpaired) electrons. The molecular weight excluding hydrogens is 340 g/mol. The van der Waals surface area contributed by atoms with Gasteiger partial charge in [-0.1, -0.05) is 24.3 Å². The van der Waals surface area contributed by atoms with Crippen molar-refractivity contribution in [3.05, 3.63) is 76.9 Å². The van der Waals surface area contributed by atoms with Crippen LogP contribution in [0.1, 0.15) is 46.9 Å². The molecule has 2 aromatic carbocycles. The molecule has 0 heterocycles.